The number of nitrogens with one attached hydrogen (secondary N) is 1. The monoisotopic (exact) mass is 330 g/mol. The molecule has 0 fully saturated rings. The van der Waals surface area contributed by atoms with E-state index in [1.807, 2.05) is 30.6 Å². The molecule has 1 N–H and O–H groups in total. The van der Waals surface area contributed by atoms with E-state index < -0.39 is 0 Å². The third-order valence-electron chi connectivity index (χ3n) is 2.44. The van der Waals surface area contributed by atoms with Gasteiger partial charge in [-0.1, -0.05) is 27.5 Å². The van der Waals surface area contributed by atoms with Gasteiger partial charge in [-0.05, 0) is 25.1 Å². The second-order valence-electron chi connectivity index (χ2n) is 3.66. The zero-order chi connectivity index (χ0) is 12.3. The van der Waals surface area contributed by atoms with Crippen LogP contribution in [0.15, 0.2) is 28.2 Å². The summed E-state index contributed by atoms with van der Waals surface area (Å²) in [5.74, 6) is 0. The van der Waals surface area contributed by atoms with Crippen molar-refractivity contribution < 1.29 is 0 Å². The Kier molecular flexibility index (Phi) is 4.42. The molecule has 0 aliphatic carbocycles. The molecule has 0 unspecified atom stereocenters. The molecule has 0 radical (unpaired) electrons. The summed E-state index contributed by atoms with van der Waals surface area (Å²) in [5.41, 5.74) is 3.98. The topological polar surface area (TPSA) is 24.9 Å². The molecule has 0 atom stereocenters. The van der Waals surface area contributed by atoms with Gasteiger partial charge < -0.3 is 5.32 Å². The summed E-state index contributed by atoms with van der Waals surface area (Å²) in [6.45, 7) is 2.91. The minimum absolute atomic E-state index is 0.736. The molecule has 17 heavy (non-hydrogen) atoms. The van der Waals surface area contributed by atoms with Gasteiger partial charge in [0.2, 0.25) is 0 Å². The molecule has 0 spiro atoms. The lowest BCUT2D eigenvalue weighted by molar-refractivity contribution is 1.02. The number of rotatable bonds is 4. The fraction of sp³-hybridized carbons (Fsp3) is 0.250. The van der Waals surface area contributed by atoms with Crippen LogP contribution in [0.1, 0.15) is 10.6 Å². The van der Waals surface area contributed by atoms with Crippen LogP contribution in [-0.4, -0.2) is 11.5 Å². The van der Waals surface area contributed by atoms with Gasteiger partial charge in [-0.2, -0.15) is 0 Å². The van der Waals surface area contributed by atoms with Gasteiger partial charge >= 0.3 is 0 Å². The van der Waals surface area contributed by atoms with Gasteiger partial charge in [0.15, 0.2) is 0 Å². The summed E-state index contributed by atoms with van der Waals surface area (Å²) in [6.07, 6.45) is 0.975. The number of anilines is 1. The normalized spacial score (nSPS) is 10.5. The van der Waals surface area contributed by atoms with Crippen molar-refractivity contribution in [2.75, 3.05) is 11.9 Å². The number of aromatic nitrogens is 1. The third kappa shape index (κ3) is 3.44. The fourth-order valence-electron chi connectivity index (χ4n) is 1.51. The number of nitrogens with zero attached hydrogens (tertiary/aromatic N) is 1. The molecule has 0 saturated carbocycles. The lowest BCUT2D eigenvalue weighted by Crippen LogP contribution is -2.05. The van der Waals surface area contributed by atoms with E-state index in [0.29, 0.717) is 0 Å². The predicted molar refractivity (Wildman–Crippen MR) is 78.2 cm³/mol. The summed E-state index contributed by atoms with van der Waals surface area (Å²) in [6, 6.07) is 5.85. The summed E-state index contributed by atoms with van der Waals surface area (Å²) >= 11 is 11.2. The first-order valence-electron chi connectivity index (χ1n) is 5.24. The molecule has 1 aromatic carbocycles. The molecule has 1 aromatic heterocycles. The lowest BCUT2D eigenvalue weighted by Gasteiger charge is -2.08. The third-order valence-corrected chi connectivity index (χ3v) is 4.24. The van der Waals surface area contributed by atoms with Crippen LogP contribution in [0, 0.1) is 6.92 Å². The Morgan fingerprint density at radius 2 is 2.29 bits per heavy atom. The molecular formula is C12H12BrClN2S. The van der Waals surface area contributed by atoms with Crippen LogP contribution in [0.5, 0.6) is 0 Å². The van der Waals surface area contributed by atoms with Crippen LogP contribution in [0.4, 0.5) is 5.69 Å². The van der Waals surface area contributed by atoms with Crippen molar-refractivity contribution in [3.63, 3.8) is 0 Å². The Labute approximate surface area is 118 Å². The number of benzene rings is 1. The van der Waals surface area contributed by atoms with Gasteiger partial charge in [0, 0.05) is 22.3 Å². The van der Waals surface area contributed by atoms with Gasteiger partial charge in [-0.25, -0.2) is 4.98 Å². The van der Waals surface area contributed by atoms with Crippen molar-refractivity contribution in [1.29, 1.82) is 0 Å². The minimum Gasteiger partial charge on any atom is -0.383 e. The maximum absolute atomic E-state index is 6.12. The van der Waals surface area contributed by atoms with Crippen LogP contribution < -0.4 is 5.32 Å². The fourth-order valence-corrected chi connectivity index (χ4v) is 3.03. The van der Waals surface area contributed by atoms with E-state index in [9.17, 15) is 0 Å². The average molecular weight is 332 g/mol. The van der Waals surface area contributed by atoms with Crippen LogP contribution >= 0.6 is 38.9 Å². The van der Waals surface area contributed by atoms with Crippen LogP contribution in [0.2, 0.25) is 5.02 Å². The van der Waals surface area contributed by atoms with Gasteiger partial charge in [-0.15, -0.1) is 11.3 Å². The first kappa shape index (κ1) is 12.9. The molecule has 0 aliphatic heterocycles. The molecule has 2 nitrogen and oxygen atoms in total. The number of hydrogen-bond donors (Lipinski definition) is 1. The Bertz CT molecular complexity index is 513. The van der Waals surface area contributed by atoms with Crippen LogP contribution in [-0.2, 0) is 6.42 Å². The molecule has 0 aliphatic rings. The van der Waals surface area contributed by atoms with E-state index in [-0.39, 0.29) is 0 Å². The zero-order valence-electron chi connectivity index (χ0n) is 9.34. The number of thiazole rings is 1. The Morgan fingerprint density at radius 1 is 1.47 bits per heavy atom. The van der Waals surface area contributed by atoms with Crippen LogP contribution in [0.3, 0.4) is 0 Å². The molecule has 1 heterocycles. The molecule has 2 rings (SSSR count). The van der Waals surface area contributed by atoms with E-state index in [0.717, 1.165) is 33.8 Å². The Hall–Kier alpha value is -0.580. The van der Waals surface area contributed by atoms with Gasteiger partial charge in [0.25, 0.3) is 0 Å². The summed E-state index contributed by atoms with van der Waals surface area (Å²) in [5, 5.41) is 4.07. The minimum atomic E-state index is 0.736. The van der Waals surface area contributed by atoms with Gasteiger partial charge in [0.1, 0.15) is 0 Å². The zero-order valence-corrected chi connectivity index (χ0v) is 12.5. The van der Waals surface area contributed by atoms with Gasteiger partial charge in [0.05, 0.1) is 21.9 Å². The molecule has 90 valence electrons. The predicted octanol–water partition coefficient (Wildman–Crippen LogP) is 4.52. The highest BCUT2D eigenvalue weighted by atomic mass is 79.9. The van der Waals surface area contributed by atoms with Crippen molar-refractivity contribution in [3.05, 3.63) is 43.8 Å². The Morgan fingerprint density at radius 3 is 2.94 bits per heavy atom. The number of hydrogen-bond acceptors (Lipinski definition) is 3. The molecule has 5 heteroatoms. The van der Waals surface area contributed by atoms with Crippen molar-refractivity contribution >= 4 is 44.6 Å². The maximum Gasteiger partial charge on any atom is 0.0797 e. The maximum atomic E-state index is 6.12. The van der Waals surface area contributed by atoms with Crippen molar-refractivity contribution in [2.24, 2.45) is 0 Å². The van der Waals surface area contributed by atoms with Crippen molar-refractivity contribution in [2.45, 2.75) is 13.3 Å². The number of aryl methyl sites for hydroxylation is 1. The second kappa shape index (κ2) is 5.85. The van der Waals surface area contributed by atoms with Crippen molar-refractivity contribution in [3.8, 4) is 0 Å². The first-order chi connectivity index (χ1) is 8.16. The van der Waals surface area contributed by atoms with Crippen LogP contribution in [0.25, 0.3) is 0 Å². The summed E-state index contributed by atoms with van der Waals surface area (Å²) in [7, 11) is 0. The SMILES string of the molecule is Cc1ncsc1CCNc1ccc(Br)cc1Cl. The first-order valence-corrected chi connectivity index (χ1v) is 7.30. The Balaban J connectivity index is 1.92. The quantitative estimate of drug-likeness (QED) is 0.891. The summed E-state index contributed by atoms with van der Waals surface area (Å²) < 4.78 is 0.992. The van der Waals surface area contributed by atoms with E-state index in [4.69, 9.17) is 11.6 Å². The highest BCUT2D eigenvalue weighted by Gasteiger charge is 2.03. The highest BCUT2D eigenvalue weighted by Crippen LogP contribution is 2.25. The van der Waals surface area contributed by atoms with E-state index in [2.05, 4.69) is 26.2 Å². The van der Waals surface area contributed by atoms with E-state index >= 15 is 0 Å². The second-order valence-corrected chi connectivity index (χ2v) is 5.92. The standard InChI is InChI=1S/C12H12BrClN2S/c1-8-12(17-7-16-8)4-5-15-11-3-2-9(13)6-10(11)14/h2-3,6-7,15H,4-5H2,1H3. The van der Waals surface area contributed by atoms with Gasteiger partial charge in [-0.3, -0.25) is 0 Å². The van der Waals surface area contributed by atoms with Crippen molar-refractivity contribution in [1.82, 2.24) is 4.98 Å². The molecule has 2 aromatic rings. The smallest absolute Gasteiger partial charge is 0.0797 e. The molecule has 0 amide bonds. The molecule has 0 saturated heterocycles. The highest BCUT2D eigenvalue weighted by molar-refractivity contribution is 9.10. The number of halogens is 2. The summed E-state index contributed by atoms with van der Waals surface area (Å²) in [4.78, 5) is 5.55. The molecular weight excluding hydrogens is 320 g/mol. The van der Waals surface area contributed by atoms with E-state index in [1.54, 1.807) is 11.3 Å². The van der Waals surface area contributed by atoms with E-state index in [1.165, 1.54) is 4.88 Å². The lowest BCUT2D eigenvalue weighted by atomic mass is 10.3. The molecule has 0 bridgehead atoms. The largest absolute Gasteiger partial charge is 0.383 e. The average Bonchev–Trinajstić information content (AvgIpc) is 2.68.